The Morgan fingerprint density at radius 2 is 2.05 bits per heavy atom. The smallest absolute Gasteiger partial charge is 0.148 e. The molecule has 1 heterocycles. The van der Waals surface area contributed by atoms with Gasteiger partial charge in [0.05, 0.1) is 16.7 Å². The minimum atomic E-state index is -0.372. The Kier molecular flexibility index (Phi) is 3.10. The van der Waals surface area contributed by atoms with E-state index in [1.54, 1.807) is 28.8 Å². The molecule has 0 saturated carbocycles. The normalized spacial score (nSPS) is 11.2. The third-order valence-corrected chi connectivity index (χ3v) is 3.45. The maximum absolute atomic E-state index is 14.2. The van der Waals surface area contributed by atoms with Crippen LogP contribution >= 0.6 is 11.6 Å². The number of fused-ring (bicyclic) bond motifs is 1. The first-order valence-corrected chi connectivity index (χ1v) is 6.70. The monoisotopic (exact) mass is 289 g/mol. The van der Waals surface area contributed by atoms with Crippen molar-refractivity contribution in [1.29, 1.82) is 0 Å². The van der Waals surface area contributed by atoms with E-state index in [1.807, 2.05) is 13.0 Å². The number of aryl methyl sites for hydroxylation is 1. The molecule has 0 bridgehead atoms. The highest BCUT2D eigenvalue weighted by Crippen LogP contribution is 2.26. The van der Waals surface area contributed by atoms with Crippen molar-refractivity contribution in [2.24, 2.45) is 0 Å². The first-order chi connectivity index (χ1) is 9.60. The fourth-order valence-electron chi connectivity index (χ4n) is 2.32. The number of hydrogen-bond acceptors (Lipinski definition) is 2. The first-order valence-electron chi connectivity index (χ1n) is 6.32. The molecular formula is C15H13ClFN3. The van der Waals surface area contributed by atoms with Gasteiger partial charge in [-0.3, -0.25) is 4.57 Å². The van der Waals surface area contributed by atoms with E-state index in [1.165, 1.54) is 6.07 Å². The molecule has 0 fully saturated rings. The summed E-state index contributed by atoms with van der Waals surface area (Å²) >= 11 is 5.81. The molecule has 0 atom stereocenters. The van der Waals surface area contributed by atoms with Crippen LogP contribution in [0.3, 0.4) is 0 Å². The third kappa shape index (κ3) is 2.02. The predicted molar refractivity (Wildman–Crippen MR) is 79.8 cm³/mol. The van der Waals surface area contributed by atoms with Crippen LogP contribution in [0.5, 0.6) is 0 Å². The number of rotatable bonds is 2. The molecule has 0 aliphatic rings. The number of nitrogens with zero attached hydrogens (tertiary/aromatic N) is 2. The van der Waals surface area contributed by atoms with Crippen molar-refractivity contribution in [2.45, 2.75) is 13.3 Å². The van der Waals surface area contributed by atoms with Crippen LogP contribution in [0.2, 0.25) is 5.02 Å². The Morgan fingerprint density at radius 1 is 1.25 bits per heavy atom. The maximum atomic E-state index is 14.2. The first kappa shape index (κ1) is 12.9. The highest BCUT2D eigenvalue weighted by atomic mass is 35.5. The number of nitrogen functional groups attached to an aromatic ring is 1. The molecule has 0 spiro atoms. The van der Waals surface area contributed by atoms with Crippen molar-refractivity contribution >= 4 is 28.3 Å². The Balaban J connectivity index is 2.34. The summed E-state index contributed by atoms with van der Waals surface area (Å²) in [5.74, 6) is 0.412. The summed E-state index contributed by atoms with van der Waals surface area (Å²) in [7, 11) is 0. The van der Waals surface area contributed by atoms with Crippen LogP contribution in [0.1, 0.15) is 12.7 Å². The molecule has 0 saturated heterocycles. The SMILES string of the molecule is CCc1nc2cc(N)ccc2n1-c1ccc(Cl)cc1F. The van der Waals surface area contributed by atoms with Gasteiger partial charge >= 0.3 is 0 Å². The Labute approximate surface area is 120 Å². The van der Waals surface area contributed by atoms with Gasteiger partial charge in [-0.05, 0) is 36.4 Å². The quantitative estimate of drug-likeness (QED) is 0.726. The molecule has 20 heavy (non-hydrogen) atoms. The van der Waals surface area contributed by atoms with Crippen LogP contribution in [0.25, 0.3) is 16.7 Å². The summed E-state index contributed by atoms with van der Waals surface area (Å²) in [5.41, 5.74) is 8.45. The minimum absolute atomic E-state index is 0.372. The van der Waals surface area contributed by atoms with Gasteiger partial charge in [-0.15, -0.1) is 0 Å². The number of nitrogens with two attached hydrogens (primary N) is 1. The van der Waals surface area contributed by atoms with Gasteiger partial charge in [-0.2, -0.15) is 0 Å². The van der Waals surface area contributed by atoms with Crippen molar-refractivity contribution < 1.29 is 4.39 Å². The van der Waals surface area contributed by atoms with Crippen LogP contribution in [0.15, 0.2) is 36.4 Å². The van der Waals surface area contributed by atoms with E-state index < -0.39 is 0 Å². The van der Waals surface area contributed by atoms with Gasteiger partial charge in [-0.1, -0.05) is 18.5 Å². The number of benzene rings is 2. The molecule has 0 unspecified atom stereocenters. The molecule has 0 radical (unpaired) electrons. The van der Waals surface area contributed by atoms with Crippen LogP contribution in [0.4, 0.5) is 10.1 Å². The molecule has 5 heteroatoms. The number of anilines is 1. The van der Waals surface area contributed by atoms with Crippen molar-refractivity contribution in [3.05, 3.63) is 53.1 Å². The average Bonchev–Trinajstić information content (AvgIpc) is 2.76. The van der Waals surface area contributed by atoms with Gasteiger partial charge in [0, 0.05) is 17.1 Å². The topological polar surface area (TPSA) is 43.8 Å². The number of imidazole rings is 1. The standard InChI is InChI=1S/C15H13ClFN3/c1-2-15-19-12-8-10(18)4-6-14(12)20(15)13-5-3-9(16)7-11(13)17/h3-8H,2,18H2,1H3. The molecule has 0 aliphatic heterocycles. The summed E-state index contributed by atoms with van der Waals surface area (Å²) in [6.45, 7) is 1.98. The lowest BCUT2D eigenvalue weighted by Crippen LogP contribution is -2.02. The van der Waals surface area contributed by atoms with Crippen molar-refractivity contribution in [3.63, 3.8) is 0 Å². The lowest BCUT2D eigenvalue weighted by Gasteiger charge is -2.09. The van der Waals surface area contributed by atoms with Crippen LogP contribution in [-0.4, -0.2) is 9.55 Å². The summed E-state index contributed by atoms with van der Waals surface area (Å²) < 4.78 is 16.0. The lowest BCUT2D eigenvalue weighted by molar-refractivity contribution is 0.617. The molecule has 1 aromatic heterocycles. The largest absolute Gasteiger partial charge is 0.399 e. The van der Waals surface area contributed by atoms with Gasteiger partial charge in [0.2, 0.25) is 0 Å². The summed E-state index contributed by atoms with van der Waals surface area (Å²) in [6, 6.07) is 10.1. The van der Waals surface area contributed by atoms with E-state index in [-0.39, 0.29) is 5.82 Å². The molecule has 3 nitrogen and oxygen atoms in total. The van der Waals surface area contributed by atoms with Gasteiger partial charge in [-0.25, -0.2) is 9.37 Å². The molecule has 2 N–H and O–H groups in total. The third-order valence-electron chi connectivity index (χ3n) is 3.21. The predicted octanol–water partition coefficient (Wildman–Crippen LogP) is 3.96. The zero-order chi connectivity index (χ0) is 14.3. The van der Waals surface area contributed by atoms with E-state index in [0.717, 1.165) is 16.9 Å². The van der Waals surface area contributed by atoms with Crippen LogP contribution < -0.4 is 5.73 Å². The molecule has 3 rings (SSSR count). The number of halogens is 2. The molecule has 0 amide bonds. The highest BCUT2D eigenvalue weighted by molar-refractivity contribution is 6.30. The molecule has 2 aromatic carbocycles. The number of aromatic nitrogens is 2. The van der Waals surface area contributed by atoms with Gasteiger partial charge < -0.3 is 5.73 Å². The van der Waals surface area contributed by atoms with Gasteiger partial charge in [0.15, 0.2) is 0 Å². The summed E-state index contributed by atoms with van der Waals surface area (Å²) in [6.07, 6.45) is 0.691. The minimum Gasteiger partial charge on any atom is -0.399 e. The molecular weight excluding hydrogens is 277 g/mol. The van der Waals surface area contributed by atoms with E-state index >= 15 is 0 Å². The Morgan fingerprint density at radius 3 is 2.75 bits per heavy atom. The second-order valence-electron chi connectivity index (χ2n) is 4.56. The number of hydrogen-bond donors (Lipinski definition) is 1. The van der Waals surface area contributed by atoms with E-state index in [9.17, 15) is 4.39 Å². The highest BCUT2D eigenvalue weighted by Gasteiger charge is 2.14. The molecule has 0 aliphatic carbocycles. The van der Waals surface area contributed by atoms with Crippen molar-refractivity contribution in [3.8, 4) is 5.69 Å². The Bertz CT molecular complexity index is 795. The average molecular weight is 290 g/mol. The van der Waals surface area contributed by atoms with Crippen molar-refractivity contribution in [2.75, 3.05) is 5.73 Å². The fraction of sp³-hybridized carbons (Fsp3) is 0.133. The van der Waals surface area contributed by atoms with Crippen LogP contribution in [0, 0.1) is 5.82 Å². The molecule has 102 valence electrons. The van der Waals surface area contributed by atoms with Crippen LogP contribution in [-0.2, 0) is 6.42 Å². The summed E-state index contributed by atoms with van der Waals surface area (Å²) in [4.78, 5) is 4.52. The lowest BCUT2D eigenvalue weighted by atomic mass is 10.2. The second kappa shape index (κ2) is 4.80. The van der Waals surface area contributed by atoms with Crippen molar-refractivity contribution in [1.82, 2.24) is 9.55 Å². The zero-order valence-electron chi connectivity index (χ0n) is 10.9. The van der Waals surface area contributed by atoms with E-state index in [2.05, 4.69) is 4.98 Å². The fourth-order valence-corrected chi connectivity index (χ4v) is 2.47. The Hall–Kier alpha value is -2.07. The summed E-state index contributed by atoms with van der Waals surface area (Å²) in [5, 5.41) is 0.373. The van der Waals surface area contributed by atoms with Gasteiger partial charge in [0.1, 0.15) is 11.6 Å². The molecule has 3 aromatic rings. The second-order valence-corrected chi connectivity index (χ2v) is 5.00. The van der Waals surface area contributed by atoms with E-state index in [0.29, 0.717) is 22.8 Å². The maximum Gasteiger partial charge on any atom is 0.148 e. The van der Waals surface area contributed by atoms with Gasteiger partial charge in [0.25, 0.3) is 0 Å². The zero-order valence-corrected chi connectivity index (χ0v) is 11.7. The van der Waals surface area contributed by atoms with E-state index in [4.69, 9.17) is 17.3 Å².